The molecule has 0 spiro atoms. The summed E-state index contributed by atoms with van der Waals surface area (Å²) in [6.07, 6.45) is 3.46. The van der Waals surface area contributed by atoms with Gasteiger partial charge in [0.25, 0.3) is 0 Å². The number of nitrogens with zero attached hydrogens (tertiary/aromatic N) is 2. The van der Waals surface area contributed by atoms with Gasteiger partial charge in [0.2, 0.25) is 5.91 Å². The zero-order valence-electron chi connectivity index (χ0n) is 14.1. The van der Waals surface area contributed by atoms with Crippen LogP contribution < -0.4 is 5.32 Å². The molecule has 0 saturated carbocycles. The highest BCUT2D eigenvalue weighted by Crippen LogP contribution is 2.24. The maximum atomic E-state index is 12.3. The Morgan fingerprint density at radius 3 is 2.85 bits per heavy atom. The molecular formula is C18H19N3O3S2. The molecule has 3 heterocycles. The van der Waals surface area contributed by atoms with E-state index in [1.807, 2.05) is 46.3 Å². The molecule has 0 bridgehead atoms. The van der Waals surface area contributed by atoms with E-state index in [2.05, 4.69) is 10.3 Å². The number of rotatable bonds is 5. The number of amides is 1. The van der Waals surface area contributed by atoms with Crippen LogP contribution in [0.15, 0.2) is 41.9 Å². The van der Waals surface area contributed by atoms with Crippen LogP contribution in [0.1, 0.15) is 18.5 Å². The molecule has 0 unspecified atom stereocenters. The second-order valence-corrected chi connectivity index (χ2v) is 9.72. The lowest BCUT2D eigenvalue weighted by atomic mass is 10.2. The minimum absolute atomic E-state index is 0.165. The van der Waals surface area contributed by atoms with Gasteiger partial charge in [-0.1, -0.05) is 30.3 Å². The van der Waals surface area contributed by atoms with E-state index in [0.717, 1.165) is 21.9 Å². The van der Waals surface area contributed by atoms with Crippen LogP contribution in [-0.4, -0.2) is 41.3 Å². The molecule has 0 aliphatic carbocycles. The number of aromatic nitrogens is 2. The summed E-state index contributed by atoms with van der Waals surface area (Å²) in [6.45, 7) is 0.202. The lowest BCUT2D eigenvalue weighted by Crippen LogP contribution is -2.35. The summed E-state index contributed by atoms with van der Waals surface area (Å²) in [5.74, 6) is 0.0671. The maximum Gasteiger partial charge on any atom is 0.226 e. The van der Waals surface area contributed by atoms with E-state index in [1.165, 1.54) is 11.3 Å². The van der Waals surface area contributed by atoms with E-state index < -0.39 is 15.1 Å². The lowest BCUT2D eigenvalue weighted by Gasteiger charge is -2.10. The van der Waals surface area contributed by atoms with Gasteiger partial charge < -0.3 is 5.32 Å². The van der Waals surface area contributed by atoms with Crippen molar-refractivity contribution >= 4 is 32.0 Å². The molecule has 8 heteroatoms. The Morgan fingerprint density at radius 1 is 1.31 bits per heavy atom. The molecule has 1 N–H and O–H groups in total. The van der Waals surface area contributed by atoms with Crippen molar-refractivity contribution in [1.82, 2.24) is 14.7 Å². The topological polar surface area (TPSA) is 80.5 Å². The third-order valence-corrected chi connectivity index (χ3v) is 7.85. The average molecular weight is 390 g/mol. The summed E-state index contributed by atoms with van der Waals surface area (Å²) in [6, 6.07) is 9.90. The second-order valence-electron chi connectivity index (χ2n) is 6.48. The summed E-state index contributed by atoms with van der Waals surface area (Å²) in [5.41, 5.74) is 2.76. The number of carbonyl (C=O) groups excluding carboxylic acids is 1. The molecule has 0 radical (unpaired) electrons. The van der Waals surface area contributed by atoms with Crippen molar-refractivity contribution in [3.8, 4) is 11.3 Å². The molecule has 1 aliphatic heterocycles. The largest absolute Gasteiger partial charge is 0.354 e. The summed E-state index contributed by atoms with van der Waals surface area (Å²) >= 11 is 1.49. The van der Waals surface area contributed by atoms with Crippen molar-refractivity contribution in [2.75, 3.05) is 12.3 Å². The highest BCUT2D eigenvalue weighted by Gasteiger charge is 2.31. The van der Waals surface area contributed by atoms with Crippen molar-refractivity contribution in [2.45, 2.75) is 24.5 Å². The van der Waals surface area contributed by atoms with Gasteiger partial charge in [-0.3, -0.25) is 9.20 Å². The fourth-order valence-corrected chi connectivity index (χ4v) is 5.88. The van der Waals surface area contributed by atoms with Gasteiger partial charge in [-0.25, -0.2) is 13.4 Å². The number of fused-ring (bicyclic) bond motifs is 1. The highest BCUT2D eigenvalue weighted by atomic mass is 32.2. The molecule has 1 atom stereocenters. The zero-order chi connectivity index (χ0) is 18.1. The fraction of sp³-hybridized carbons (Fsp3) is 0.333. The first-order valence-electron chi connectivity index (χ1n) is 8.52. The number of hydrogen-bond acceptors (Lipinski definition) is 5. The van der Waals surface area contributed by atoms with E-state index in [4.69, 9.17) is 0 Å². The van der Waals surface area contributed by atoms with Crippen LogP contribution in [0, 0.1) is 0 Å². The van der Waals surface area contributed by atoms with Gasteiger partial charge in [-0.2, -0.15) is 0 Å². The van der Waals surface area contributed by atoms with Crippen molar-refractivity contribution in [2.24, 2.45) is 0 Å². The van der Waals surface area contributed by atoms with Gasteiger partial charge in [-0.05, 0) is 12.8 Å². The molecular weight excluding hydrogens is 370 g/mol. The molecule has 6 nitrogen and oxygen atoms in total. The number of hydrogen-bond donors (Lipinski definition) is 1. The molecule has 1 saturated heterocycles. The van der Waals surface area contributed by atoms with Crippen LogP contribution in [0.3, 0.4) is 0 Å². The Hall–Kier alpha value is -2.19. The molecule has 4 rings (SSSR count). The van der Waals surface area contributed by atoms with E-state index in [9.17, 15) is 13.2 Å². The van der Waals surface area contributed by atoms with Gasteiger partial charge in [0.05, 0.1) is 23.1 Å². The Kier molecular flexibility index (Phi) is 4.54. The first-order chi connectivity index (χ1) is 12.5. The standard InChI is InChI=1S/C18H19N3O3S2/c22-17(19-10-15-7-4-8-26(15,23)24)9-14-12-25-18-20-16(11-21(14)18)13-5-2-1-3-6-13/h1-3,5-6,11-12,15H,4,7-10H2,(H,19,22)/t15-/m1/s1. The summed E-state index contributed by atoms with van der Waals surface area (Å²) in [7, 11) is -3.03. The zero-order valence-corrected chi connectivity index (χ0v) is 15.7. The van der Waals surface area contributed by atoms with Crippen LogP contribution in [0.4, 0.5) is 0 Å². The monoisotopic (exact) mass is 389 g/mol. The van der Waals surface area contributed by atoms with Crippen LogP contribution in [0.2, 0.25) is 0 Å². The average Bonchev–Trinajstić information content (AvgIpc) is 3.29. The predicted molar refractivity (Wildman–Crippen MR) is 102 cm³/mol. The van der Waals surface area contributed by atoms with Gasteiger partial charge >= 0.3 is 0 Å². The van der Waals surface area contributed by atoms with Crippen molar-refractivity contribution in [1.29, 1.82) is 0 Å². The summed E-state index contributed by atoms with van der Waals surface area (Å²) in [5, 5.41) is 4.26. The number of nitrogens with one attached hydrogen (secondary N) is 1. The predicted octanol–water partition coefficient (Wildman–Crippen LogP) is 2.30. The van der Waals surface area contributed by atoms with E-state index in [0.29, 0.717) is 12.8 Å². The van der Waals surface area contributed by atoms with Crippen molar-refractivity contribution in [3.63, 3.8) is 0 Å². The Bertz CT molecular complexity index is 1040. The summed E-state index contributed by atoms with van der Waals surface area (Å²) < 4.78 is 25.6. The van der Waals surface area contributed by atoms with E-state index in [1.54, 1.807) is 0 Å². The Balaban J connectivity index is 1.45. The molecule has 1 amide bonds. The quantitative estimate of drug-likeness (QED) is 0.726. The molecule has 2 aromatic heterocycles. The lowest BCUT2D eigenvalue weighted by molar-refractivity contribution is -0.120. The number of carbonyl (C=O) groups is 1. The number of sulfone groups is 1. The first-order valence-corrected chi connectivity index (χ1v) is 11.1. The van der Waals surface area contributed by atoms with Crippen LogP contribution in [0.25, 0.3) is 16.2 Å². The van der Waals surface area contributed by atoms with Crippen LogP contribution >= 0.6 is 11.3 Å². The normalized spacial score (nSPS) is 19.0. The third kappa shape index (κ3) is 3.39. The molecule has 3 aromatic rings. The van der Waals surface area contributed by atoms with Gasteiger partial charge in [-0.15, -0.1) is 11.3 Å². The van der Waals surface area contributed by atoms with Gasteiger partial charge in [0, 0.05) is 29.4 Å². The van der Waals surface area contributed by atoms with E-state index >= 15 is 0 Å². The van der Waals surface area contributed by atoms with Crippen molar-refractivity contribution in [3.05, 3.63) is 47.6 Å². The molecule has 1 aliphatic rings. The number of benzene rings is 1. The molecule has 1 fully saturated rings. The molecule has 1 aromatic carbocycles. The number of thiazole rings is 1. The fourth-order valence-electron chi connectivity index (χ4n) is 3.25. The third-order valence-electron chi connectivity index (χ3n) is 4.68. The minimum atomic E-state index is -3.03. The van der Waals surface area contributed by atoms with Crippen molar-refractivity contribution < 1.29 is 13.2 Å². The Labute approximate surface area is 155 Å². The molecule has 136 valence electrons. The highest BCUT2D eigenvalue weighted by molar-refractivity contribution is 7.92. The van der Waals surface area contributed by atoms with E-state index in [-0.39, 0.29) is 24.6 Å². The van der Waals surface area contributed by atoms with Crippen LogP contribution in [0.5, 0.6) is 0 Å². The van der Waals surface area contributed by atoms with Gasteiger partial charge in [0.1, 0.15) is 0 Å². The summed E-state index contributed by atoms with van der Waals surface area (Å²) in [4.78, 5) is 17.7. The second kappa shape index (κ2) is 6.85. The molecule has 26 heavy (non-hydrogen) atoms. The van der Waals surface area contributed by atoms with Crippen LogP contribution in [-0.2, 0) is 21.1 Å². The number of imidazole rings is 1. The SMILES string of the molecule is O=C(Cc1csc2nc(-c3ccccc3)cn12)NC[C@H]1CCCS1(=O)=O. The minimum Gasteiger partial charge on any atom is -0.354 e. The Morgan fingerprint density at radius 2 is 2.12 bits per heavy atom. The first kappa shape index (κ1) is 17.2. The maximum absolute atomic E-state index is 12.3. The van der Waals surface area contributed by atoms with Gasteiger partial charge in [0.15, 0.2) is 14.8 Å². The smallest absolute Gasteiger partial charge is 0.226 e.